The predicted octanol–water partition coefficient (Wildman–Crippen LogP) is -0.488. The van der Waals surface area contributed by atoms with Crippen LogP contribution >= 0.6 is 0 Å². The molecule has 3 heteroatoms. The molecule has 0 atom stereocenters. The summed E-state index contributed by atoms with van der Waals surface area (Å²) >= 11 is 0. The van der Waals surface area contributed by atoms with Gasteiger partial charge in [-0.3, -0.25) is 5.43 Å². The summed E-state index contributed by atoms with van der Waals surface area (Å²) in [7, 11) is 0. The molecule has 3 nitrogen and oxygen atoms in total. The standard InChI is InChI=1S/C2H3N2O/c1-2-5-4-3-1/h1-3H. The normalized spacial score (nSPS) is 17.6. The summed E-state index contributed by atoms with van der Waals surface area (Å²) in [6.45, 7) is 0. The van der Waals surface area contributed by atoms with Crippen LogP contribution in [0.2, 0.25) is 0 Å². The van der Waals surface area contributed by atoms with Gasteiger partial charge in [0.15, 0.2) is 0 Å². The van der Waals surface area contributed by atoms with Gasteiger partial charge in [-0.2, -0.15) is 0 Å². The fourth-order valence-corrected chi connectivity index (χ4v) is 0.152. The first-order chi connectivity index (χ1) is 2.50. The molecule has 0 fully saturated rings. The number of hydrogen-bond acceptors (Lipinski definition) is 2. The van der Waals surface area contributed by atoms with Gasteiger partial charge in [-0.15, -0.1) is 0 Å². The number of hydrogen-bond donors (Lipinski definition) is 1. The summed E-state index contributed by atoms with van der Waals surface area (Å²) in [6, 6.07) is 0. The molecule has 27 valence electrons. The Balaban J connectivity index is 2.32. The first-order valence-electron chi connectivity index (χ1n) is 1.26. The molecule has 0 aromatic heterocycles. The summed E-state index contributed by atoms with van der Waals surface area (Å²) in [4.78, 5) is 4.28. The first-order valence-corrected chi connectivity index (χ1v) is 1.26. The zero-order valence-corrected chi connectivity index (χ0v) is 2.51. The Bertz CT molecular complexity index is 45.6. The minimum Gasteiger partial charge on any atom is -0.374 e. The maximum Gasteiger partial charge on any atom is 0.133 e. The van der Waals surface area contributed by atoms with Crippen LogP contribution < -0.4 is 11.0 Å². The Labute approximate surface area is 29.5 Å². The quantitative estimate of drug-likeness (QED) is 0.418. The molecule has 1 heterocycles. The van der Waals surface area contributed by atoms with Gasteiger partial charge < -0.3 is 4.84 Å². The molecule has 0 saturated heterocycles. The maximum absolute atomic E-state index is 4.28. The highest BCUT2D eigenvalue weighted by Gasteiger charge is 1.82. The zero-order valence-electron chi connectivity index (χ0n) is 2.51. The van der Waals surface area contributed by atoms with Crippen molar-refractivity contribution in [3.8, 4) is 0 Å². The summed E-state index contributed by atoms with van der Waals surface area (Å²) < 4.78 is 0. The minimum absolute atomic E-state index is 1.46. The van der Waals surface area contributed by atoms with E-state index in [-0.39, 0.29) is 0 Å². The Kier molecular flexibility index (Phi) is 0.478. The molecule has 0 aliphatic carbocycles. The molecule has 0 spiro atoms. The molecular formula is C2H3N2O. The lowest BCUT2D eigenvalue weighted by atomic mass is 11.0. The molecule has 0 amide bonds. The van der Waals surface area contributed by atoms with Crippen molar-refractivity contribution >= 4 is 0 Å². The van der Waals surface area contributed by atoms with Gasteiger partial charge in [0.05, 0.1) is 11.8 Å². The van der Waals surface area contributed by atoms with E-state index < -0.39 is 0 Å². The number of nitrogens with one attached hydrogen (secondary N) is 1. The van der Waals surface area contributed by atoms with Crippen molar-refractivity contribution < 1.29 is 4.84 Å². The Morgan fingerprint density at radius 2 is 2.80 bits per heavy atom. The highest BCUT2D eigenvalue weighted by atomic mass is 16.7. The Morgan fingerprint density at radius 3 is 3.00 bits per heavy atom. The van der Waals surface area contributed by atoms with E-state index in [0.29, 0.717) is 0 Å². The van der Waals surface area contributed by atoms with Gasteiger partial charge in [-0.05, 0) is 0 Å². The van der Waals surface area contributed by atoms with Gasteiger partial charge in [0.25, 0.3) is 0 Å². The SMILES string of the molecule is C1=CO[N]N1. The number of nitrogens with zero attached hydrogens (tertiary/aromatic N) is 1. The monoisotopic (exact) mass is 71.0 g/mol. The fraction of sp³-hybridized carbons (Fsp3) is 0. The topological polar surface area (TPSA) is 35.4 Å². The molecule has 1 radical (unpaired) electrons. The second-order valence-corrected chi connectivity index (χ2v) is 0.629. The highest BCUT2D eigenvalue weighted by Crippen LogP contribution is 1.73. The van der Waals surface area contributed by atoms with Crippen LogP contribution in [0.1, 0.15) is 0 Å². The third-order valence-electron chi connectivity index (χ3n) is 0.309. The molecule has 1 aliphatic heterocycles. The molecule has 0 bridgehead atoms. The molecule has 1 aliphatic rings. The van der Waals surface area contributed by atoms with Gasteiger partial charge in [0, 0.05) is 0 Å². The lowest BCUT2D eigenvalue weighted by molar-refractivity contribution is 0.127. The smallest absolute Gasteiger partial charge is 0.133 e. The number of rotatable bonds is 0. The third-order valence-corrected chi connectivity index (χ3v) is 0.309. The summed E-state index contributed by atoms with van der Waals surface area (Å²) in [6.07, 6.45) is 3.06. The lowest BCUT2D eigenvalue weighted by Crippen LogP contribution is -2.08. The Morgan fingerprint density at radius 1 is 1.80 bits per heavy atom. The van der Waals surface area contributed by atoms with Gasteiger partial charge >= 0.3 is 0 Å². The van der Waals surface area contributed by atoms with Crippen molar-refractivity contribution in [1.29, 1.82) is 0 Å². The van der Waals surface area contributed by atoms with Crippen LogP contribution in [-0.2, 0) is 4.84 Å². The largest absolute Gasteiger partial charge is 0.374 e. The van der Waals surface area contributed by atoms with Crippen LogP contribution in [0.5, 0.6) is 0 Å². The van der Waals surface area contributed by atoms with Gasteiger partial charge in [-0.25, -0.2) is 0 Å². The average Bonchev–Trinajstić information content (AvgIpc) is 1.76. The molecule has 1 rings (SSSR count). The molecule has 0 aromatic rings. The van der Waals surface area contributed by atoms with Gasteiger partial charge in [0.1, 0.15) is 6.26 Å². The van der Waals surface area contributed by atoms with Crippen molar-refractivity contribution in [3.63, 3.8) is 0 Å². The maximum atomic E-state index is 4.28. The second kappa shape index (κ2) is 0.944. The van der Waals surface area contributed by atoms with E-state index in [1.165, 1.54) is 6.26 Å². The van der Waals surface area contributed by atoms with Crippen molar-refractivity contribution in [1.82, 2.24) is 11.0 Å². The third kappa shape index (κ3) is 0.302. The predicted molar refractivity (Wildman–Crippen MR) is 15.5 cm³/mol. The fourth-order valence-electron chi connectivity index (χ4n) is 0.152. The second-order valence-electron chi connectivity index (χ2n) is 0.629. The zero-order chi connectivity index (χ0) is 3.54. The van der Waals surface area contributed by atoms with E-state index in [4.69, 9.17) is 0 Å². The van der Waals surface area contributed by atoms with E-state index in [9.17, 15) is 0 Å². The van der Waals surface area contributed by atoms with Crippen LogP contribution in [0, 0.1) is 0 Å². The van der Waals surface area contributed by atoms with Crippen molar-refractivity contribution in [3.05, 3.63) is 12.5 Å². The van der Waals surface area contributed by atoms with E-state index in [1.54, 1.807) is 6.20 Å². The lowest BCUT2D eigenvalue weighted by Gasteiger charge is -1.79. The molecule has 0 aromatic carbocycles. The van der Waals surface area contributed by atoms with Crippen LogP contribution in [0.25, 0.3) is 0 Å². The van der Waals surface area contributed by atoms with E-state index in [2.05, 4.69) is 15.9 Å². The van der Waals surface area contributed by atoms with Crippen LogP contribution in [-0.4, -0.2) is 0 Å². The first kappa shape index (κ1) is 2.53. The average molecular weight is 71.1 g/mol. The molecule has 5 heavy (non-hydrogen) atoms. The van der Waals surface area contributed by atoms with Crippen molar-refractivity contribution in [2.45, 2.75) is 0 Å². The van der Waals surface area contributed by atoms with Crippen LogP contribution in [0.15, 0.2) is 12.5 Å². The molecular weight excluding hydrogens is 68.0 g/mol. The summed E-state index contributed by atoms with van der Waals surface area (Å²) in [5.74, 6) is 0. The van der Waals surface area contributed by atoms with Crippen molar-refractivity contribution in [2.24, 2.45) is 0 Å². The summed E-state index contributed by atoms with van der Waals surface area (Å²) in [5.41, 5.74) is 5.67. The minimum atomic E-state index is 1.46. The molecule has 0 saturated carbocycles. The Hall–Kier alpha value is -0.700. The molecule has 1 N–H and O–H groups in total. The van der Waals surface area contributed by atoms with Gasteiger partial charge in [-0.1, -0.05) is 0 Å². The molecule has 0 unspecified atom stereocenters. The van der Waals surface area contributed by atoms with E-state index in [1.807, 2.05) is 0 Å². The summed E-state index contributed by atoms with van der Waals surface area (Å²) in [5, 5.41) is 0. The van der Waals surface area contributed by atoms with Crippen LogP contribution in [0.3, 0.4) is 0 Å². The van der Waals surface area contributed by atoms with E-state index >= 15 is 0 Å². The highest BCUT2D eigenvalue weighted by molar-refractivity contribution is 4.69. The van der Waals surface area contributed by atoms with E-state index in [0.717, 1.165) is 0 Å². The van der Waals surface area contributed by atoms with Gasteiger partial charge in [0.2, 0.25) is 0 Å². The van der Waals surface area contributed by atoms with Crippen molar-refractivity contribution in [2.75, 3.05) is 0 Å². The van der Waals surface area contributed by atoms with Crippen LogP contribution in [0.4, 0.5) is 0 Å².